The quantitative estimate of drug-likeness (QED) is 0.481. The van der Waals surface area contributed by atoms with Crippen molar-refractivity contribution in [2.75, 3.05) is 27.9 Å². The SMILES string of the molecule is COCCn1c(=NC(=O)c2cc3ccccc3o2)sc2cc(OC)c(OC)cc21. The molecule has 0 fully saturated rings. The van der Waals surface area contributed by atoms with Gasteiger partial charge in [-0.3, -0.25) is 4.79 Å². The average Bonchev–Trinajstić information content (AvgIpc) is 3.32. The lowest BCUT2D eigenvalue weighted by molar-refractivity contribution is 0.0973. The summed E-state index contributed by atoms with van der Waals surface area (Å²) in [6.07, 6.45) is 0. The summed E-state index contributed by atoms with van der Waals surface area (Å²) in [6, 6.07) is 12.9. The molecule has 4 rings (SSSR count). The van der Waals surface area contributed by atoms with E-state index in [1.165, 1.54) is 11.3 Å². The van der Waals surface area contributed by atoms with E-state index in [-0.39, 0.29) is 5.76 Å². The first-order chi connectivity index (χ1) is 14.1. The fourth-order valence-electron chi connectivity index (χ4n) is 3.11. The van der Waals surface area contributed by atoms with E-state index in [0.29, 0.717) is 35.0 Å². The predicted octanol–water partition coefficient (Wildman–Crippen LogP) is 3.85. The third kappa shape index (κ3) is 3.64. The maximum atomic E-state index is 12.8. The minimum atomic E-state index is -0.433. The topological polar surface area (TPSA) is 75.2 Å². The zero-order chi connectivity index (χ0) is 20.4. The van der Waals surface area contributed by atoms with Crippen molar-refractivity contribution in [2.45, 2.75) is 6.54 Å². The number of furan rings is 1. The smallest absolute Gasteiger partial charge is 0.315 e. The highest BCUT2D eigenvalue weighted by Crippen LogP contribution is 2.33. The van der Waals surface area contributed by atoms with Crippen LogP contribution in [0.15, 0.2) is 51.9 Å². The second-order valence-electron chi connectivity index (χ2n) is 6.27. The van der Waals surface area contributed by atoms with E-state index in [1.54, 1.807) is 27.4 Å². The lowest BCUT2D eigenvalue weighted by atomic mass is 10.2. The summed E-state index contributed by atoms with van der Waals surface area (Å²) in [5.74, 6) is 1.00. The average molecular weight is 412 g/mol. The maximum Gasteiger partial charge on any atom is 0.315 e. The van der Waals surface area contributed by atoms with Crippen molar-refractivity contribution >= 4 is 38.4 Å². The maximum absolute atomic E-state index is 12.8. The molecular weight excluding hydrogens is 392 g/mol. The van der Waals surface area contributed by atoms with Gasteiger partial charge < -0.3 is 23.2 Å². The van der Waals surface area contributed by atoms with E-state index in [1.807, 2.05) is 41.0 Å². The van der Waals surface area contributed by atoms with Gasteiger partial charge in [-0.15, -0.1) is 0 Å². The van der Waals surface area contributed by atoms with Crippen LogP contribution in [0.2, 0.25) is 0 Å². The molecule has 2 aromatic carbocycles. The number of hydrogen-bond acceptors (Lipinski definition) is 6. The van der Waals surface area contributed by atoms with Crippen molar-refractivity contribution in [2.24, 2.45) is 4.99 Å². The number of amides is 1. The number of para-hydroxylation sites is 1. The van der Waals surface area contributed by atoms with Crippen LogP contribution >= 0.6 is 11.3 Å². The van der Waals surface area contributed by atoms with Gasteiger partial charge in [-0.2, -0.15) is 4.99 Å². The summed E-state index contributed by atoms with van der Waals surface area (Å²) in [5.41, 5.74) is 1.55. The third-order valence-corrected chi connectivity index (χ3v) is 5.58. The Bertz CT molecular complexity index is 1220. The van der Waals surface area contributed by atoms with E-state index in [2.05, 4.69) is 4.99 Å². The lowest BCUT2D eigenvalue weighted by Crippen LogP contribution is -2.19. The van der Waals surface area contributed by atoms with E-state index >= 15 is 0 Å². The van der Waals surface area contributed by atoms with Gasteiger partial charge in [0.15, 0.2) is 22.1 Å². The van der Waals surface area contributed by atoms with Gasteiger partial charge in [0.1, 0.15) is 5.58 Å². The standard InChI is InChI=1S/C21H20N2O5S/c1-25-9-8-23-14-11-16(26-2)17(27-3)12-19(14)29-21(23)22-20(24)18-10-13-6-4-5-7-15(13)28-18/h4-7,10-12H,8-9H2,1-3H3. The van der Waals surface area contributed by atoms with Gasteiger partial charge in [0.05, 0.1) is 31.0 Å². The molecule has 0 spiro atoms. The van der Waals surface area contributed by atoms with Crippen molar-refractivity contribution in [1.29, 1.82) is 0 Å². The molecule has 0 N–H and O–H groups in total. The molecule has 29 heavy (non-hydrogen) atoms. The molecule has 4 aromatic rings. The second kappa shape index (κ2) is 8.10. The van der Waals surface area contributed by atoms with Gasteiger partial charge in [0, 0.05) is 31.2 Å². The molecule has 2 heterocycles. The third-order valence-electron chi connectivity index (χ3n) is 4.54. The first kappa shape index (κ1) is 19.2. The summed E-state index contributed by atoms with van der Waals surface area (Å²) in [6.45, 7) is 1.02. The number of rotatable bonds is 6. The Morgan fingerprint density at radius 2 is 1.86 bits per heavy atom. The summed E-state index contributed by atoms with van der Waals surface area (Å²) < 4.78 is 24.6. The molecule has 0 saturated carbocycles. The van der Waals surface area contributed by atoms with E-state index in [0.717, 1.165) is 15.6 Å². The number of methoxy groups -OCH3 is 3. The second-order valence-corrected chi connectivity index (χ2v) is 7.28. The Kier molecular flexibility index (Phi) is 5.37. The summed E-state index contributed by atoms with van der Waals surface area (Å²) in [5, 5.41) is 0.865. The number of ether oxygens (including phenoxy) is 3. The molecule has 0 aliphatic heterocycles. The lowest BCUT2D eigenvalue weighted by Gasteiger charge is -2.09. The van der Waals surface area contributed by atoms with E-state index < -0.39 is 5.91 Å². The Balaban J connectivity index is 1.84. The monoisotopic (exact) mass is 412 g/mol. The predicted molar refractivity (Wildman–Crippen MR) is 111 cm³/mol. The molecule has 0 unspecified atom stereocenters. The number of carbonyl (C=O) groups is 1. The van der Waals surface area contributed by atoms with Gasteiger partial charge in [0.25, 0.3) is 0 Å². The fourth-order valence-corrected chi connectivity index (χ4v) is 4.17. The van der Waals surface area contributed by atoms with E-state index in [4.69, 9.17) is 18.6 Å². The minimum Gasteiger partial charge on any atom is -0.493 e. The van der Waals surface area contributed by atoms with Crippen molar-refractivity contribution in [3.05, 3.63) is 53.0 Å². The first-order valence-corrected chi connectivity index (χ1v) is 9.78. The fraction of sp³-hybridized carbons (Fsp3) is 0.238. The van der Waals surface area contributed by atoms with Crippen LogP contribution in [-0.2, 0) is 11.3 Å². The summed E-state index contributed by atoms with van der Waals surface area (Å²) >= 11 is 1.40. The van der Waals surface area contributed by atoms with E-state index in [9.17, 15) is 4.79 Å². The van der Waals surface area contributed by atoms with Gasteiger partial charge in [-0.1, -0.05) is 29.5 Å². The zero-order valence-electron chi connectivity index (χ0n) is 16.3. The Hall–Kier alpha value is -3.10. The van der Waals surface area contributed by atoms with Crippen molar-refractivity contribution in [3.63, 3.8) is 0 Å². The Labute approximate surface area is 170 Å². The van der Waals surface area contributed by atoms with Crippen LogP contribution in [0.5, 0.6) is 11.5 Å². The molecule has 0 radical (unpaired) electrons. The molecule has 8 heteroatoms. The molecule has 0 bridgehead atoms. The molecule has 150 valence electrons. The number of benzene rings is 2. The summed E-state index contributed by atoms with van der Waals surface area (Å²) in [4.78, 5) is 17.7. The van der Waals surface area contributed by atoms with Crippen molar-refractivity contribution < 1.29 is 23.4 Å². The molecule has 0 saturated heterocycles. The highest BCUT2D eigenvalue weighted by Gasteiger charge is 2.15. The normalized spacial score (nSPS) is 12.0. The van der Waals surface area contributed by atoms with Crippen molar-refractivity contribution in [3.8, 4) is 11.5 Å². The number of nitrogens with zero attached hydrogens (tertiary/aromatic N) is 2. The van der Waals surface area contributed by atoms with Crippen molar-refractivity contribution in [1.82, 2.24) is 4.57 Å². The van der Waals surface area contributed by atoms with Crippen LogP contribution in [0, 0.1) is 0 Å². The number of fused-ring (bicyclic) bond motifs is 2. The van der Waals surface area contributed by atoms with Crippen LogP contribution in [0.1, 0.15) is 10.6 Å². The molecule has 0 atom stereocenters. The molecular formula is C21H20N2O5S. The molecule has 2 aromatic heterocycles. The number of aromatic nitrogens is 1. The van der Waals surface area contributed by atoms with Crippen LogP contribution in [0.3, 0.4) is 0 Å². The molecule has 0 aliphatic carbocycles. The van der Waals surface area contributed by atoms with Crippen LogP contribution in [0.25, 0.3) is 21.2 Å². The van der Waals surface area contributed by atoms with Gasteiger partial charge in [0.2, 0.25) is 0 Å². The highest BCUT2D eigenvalue weighted by molar-refractivity contribution is 7.16. The largest absolute Gasteiger partial charge is 0.493 e. The number of hydrogen-bond donors (Lipinski definition) is 0. The number of thiazole rings is 1. The Morgan fingerprint density at radius 1 is 1.10 bits per heavy atom. The van der Waals surface area contributed by atoms with Crippen LogP contribution in [0.4, 0.5) is 0 Å². The van der Waals surface area contributed by atoms with Gasteiger partial charge in [-0.25, -0.2) is 0 Å². The zero-order valence-corrected chi connectivity index (χ0v) is 17.1. The highest BCUT2D eigenvalue weighted by atomic mass is 32.1. The van der Waals surface area contributed by atoms with Gasteiger partial charge in [-0.05, 0) is 12.1 Å². The number of carbonyl (C=O) groups excluding carboxylic acids is 1. The molecule has 1 amide bonds. The van der Waals surface area contributed by atoms with Crippen LogP contribution in [-0.4, -0.2) is 38.4 Å². The first-order valence-electron chi connectivity index (χ1n) is 8.96. The minimum absolute atomic E-state index is 0.206. The van der Waals surface area contributed by atoms with Gasteiger partial charge >= 0.3 is 5.91 Å². The molecule has 7 nitrogen and oxygen atoms in total. The van der Waals surface area contributed by atoms with Crippen LogP contribution < -0.4 is 14.3 Å². The summed E-state index contributed by atoms with van der Waals surface area (Å²) in [7, 11) is 4.81. The Morgan fingerprint density at radius 3 is 2.59 bits per heavy atom. The molecule has 0 aliphatic rings.